The van der Waals surface area contributed by atoms with Crippen molar-refractivity contribution >= 4 is 11.6 Å². The Morgan fingerprint density at radius 3 is 2.26 bits per heavy atom. The quantitative estimate of drug-likeness (QED) is 0.547. The molecular formula is C27H35N5O2. The third kappa shape index (κ3) is 5.08. The normalized spacial score (nSPS) is 15.5. The zero-order chi connectivity index (χ0) is 24.1. The molecule has 3 aromatic rings. The van der Waals surface area contributed by atoms with Gasteiger partial charge in [0.05, 0.1) is 17.6 Å². The Morgan fingerprint density at radius 2 is 1.68 bits per heavy atom. The van der Waals surface area contributed by atoms with Gasteiger partial charge in [-0.1, -0.05) is 37.3 Å². The molecule has 1 aliphatic rings. The molecular weight excluding hydrogens is 426 g/mol. The standard InChI is InChI=1S/C27H35N5O2/c1-4-16-28-26(33)25(21-8-6-5-7-9-21)22-14-17-30(18-15-22)23-10-12-24(13-11-23)31-19-29-32(20(2)3)27(31)34/h5-13,19-20,22,25H,4,14-18H2,1-3H3,(H,28,33). The van der Waals surface area contributed by atoms with Gasteiger partial charge in [-0.3, -0.25) is 4.79 Å². The van der Waals surface area contributed by atoms with Gasteiger partial charge in [-0.25, -0.2) is 14.0 Å². The Kier molecular flexibility index (Phi) is 7.50. The summed E-state index contributed by atoms with van der Waals surface area (Å²) < 4.78 is 3.06. The second-order valence-electron chi connectivity index (χ2n) is 9.34. The fourth-order valence-corrected chi connectivity index (χ4v) is 4.82. The van der Waals surface area contributed by atoms with E-state index in [1.807, 2.05) is 44.2 Å². The fourth-order valence-electron chi connectivity index (χ4n) is 4.82. The SMILES string of the molecule is CCCNC(=O)C(c1ccccc1)C1CCN(c2ccc(-n3cnn(C(C)C)c3=O)cc2)CC1. The molecule has 34 heavy (non-hydrogen) atoms. The Morgan fingerprint density at radius 1 is 1.03 bits per heavy atom. The van der Waals surface area contributed by atoms with Crippen LogP contribution in [0.2, 0.25) is 0 Å². The number of carbonyl (C=O) groups excluding carboxylic acids is 1. The highest BCUT2D eigenvalue weighted by Gasteiger charge is 2.32. The van der Waals surface area contributed by atoms with Gasteiger partial charge in [0.2, 0.25) is 5.91 Å². The highest BCUT2D eigenvalue weighted by Crippen LogP contribution is 2.34. The van der Waals surface area contributed by atoms with Gasteiger partial charge in [0, 0.05) is 25.3 Å². The van der Waals surface area contributed by atoms with E-state index in [2.05, 4.69) is 46.5 Å². The minimum absolute atomic E-state index is 0.0260. The summed E-state index contributed by atoms with van der Waals surface area (Å²) in [4.78, 5) is 28.0. The molecule has 1 amide bonds. The first-order valence-corrected chi connectivity index (χ1v) is 12.3. The number of hydrogen-bond donors (Lipinski definition) is 1. The number of aromatic nitrogens is 3. The average Bonchev–Trinajstić information content (AvgIpc) is 3.25. The Hall–Kier alpha value is -3.35. The van der Waals surface area contributed by atoms with Crippen LogP contribution in [0.3, 0.4) is 0 Å². The zero-order valence-electron chi connectivity index (χ0n) is 20.4. The van der Waals surface area contributed by atoms with Crippen molar-refractivity contribution in [1.82, 2.24) is 19.7 Å². The number of benzene rings is 2. The lowest BCUT2D eigenvalue weighted by molar-refractivity contribution is -0.124. The third-order valence-corrected chi connectivity index (χ3v) is 6.68. The van der Waals surface area contributed by atoms with Crippen molar-refractivity contribution in [3.05, 3.63) is 77.0 Å². The Balaban J connectivity index is 1.44. The second-order valence-corrected chi connectivity index (χ2v) is 9.34. The molecule has 4 rings (SSSR count). The minimum atomic E-state index is -0.128. The van der Waals surface area contributed by atoms with Gasteiger partial charge in [-0.15, -0.1) is 0 Å². The molecule has 7 heteroatoms. The minimum Gasteiger partial charge on any atom is -0.372 e. The second kappa shape index (κ2) is 10.7. The lowest BCUT2D eigenvalue weighted by atomic mass is 9.79. The number of hydrogen-bond acceptors (Lipinski definition) is 4. The molecule has 0 bridgehead atoms. The maximum absolute atomic E-state index is 13.0. The molecule has 0 spiro atoms. The lowest BCUT2D eigenvalue weighted by Gasteiger charge is -2.37. The molecule has 180 valence electrons. The van der Waals surface area contributed by atoms with E-state index in [9.17, 15) is 9.59 Å². The van der Waals surface area contributed by atoms with E-state index in [4.69, 9.17) is 0 Å². The smallest absolute Gasteiger partial charge is 0.350 e. The van der Waals surface area contributed by atoms with E-state index in [0.29, 0.717) is 12.5 Å². The van der Waals surface area contributed by atoms with Crippen LogP contribution >= 0.6 is 0 Å². The summed E-state index contributed by atoms with van der Waals surface area (Å²) in [7, 11) is 0. The number of anilines is 1. The molecule has 1 unspecified atom stereocenters. The van der Waals surface area contributed by atoms with Gasteiger partial charge in [0.25, 0.3) is 0 Å². The van der Waals surface area contributed by atoms with Gasteiger partial charge in [0.1, 0.15) is 6.33 Å². The number of nitrogens with zero attached hydrogens (tertiary/aromatic N) is 4. The van der Waals surface area contributed by atoms with Crippen molar-refractivity contribution in [2.45, 2.75) is 52.0 Å². The number of amides is 1. The molecule has 2 heterocycles. The largest absolute Gasteiger partial charge is 0.372 e. The van der Waals surface area contributed by atoms with E-state index in [-0.39, 0.29) is 23.6 Å². The summed E-state index contributed by atoms with van der Waals surface area (Å²) >= 11 is 0. The number of carbonyl (C=O) groups is 1. The van der Waals surface area contributed by atoms with E-state index in [1.165, 1.54) is 4.68 Å². The van der Waals surface area contributed by atoms with Crippen LogP contribution < -0.4 is 15.9 Å². The molecule has 0 aliphatic carbocycles. The molecule has 1 aromatic heterocycles. The predicted octanol–water partition coefficient (Wildman–Crippen LogP) is 4.14. The maximum atomic E-state index is 13.0. The topological polar surface area (TPSA) is 72.2 Å². The number of nitrogens with one attached hydrogen (secondary N) is 1. The van der Waals surface area contributed by atoms with Gasteiger partial charge in [-0.2, -0.15) is 5.10 Å². The first-order valence-electron chi connectivity index (χ1n) is 12.3. The van der Waals surface area contributed by atoms with Gasteiger partial charge in [0.15, 0.2) is 0 Å². The summed E-state index contributed by atoms with van der Waals surface area (Å²) in [5, 5.41) is 7.33. The summed E-state index contributed by atoms with van der Waals surface area (Å²) in [6.45, 7) is 8.49. The van der Waals surface area contributed by atoms with Gasteiger partial charge >= 0.3 is 5.69 Å². The van der Waals surface area contributed by atoms with E-state index in [1.54, 1.807) is 10.9 Å². The average molecular weight is 462 g/mol. The van der Waals surface area contributed by atoms with Crippen LogP contribution in [-0.4, -0.2) is 39.9 Å². The van der Waals surface area contributed by atoms with Crippen molar-refractivity contribution in [2.75, 3.05) is 24.5 Å². The molecule has 1 aliphatic heterocycles. The molecule has 2 aromatic carbocycles. The zero-order valence-corrected chi connectivity index (χ0v) is 20.4. The summed E-state index contributed by atoms with van der Waals surface area (Å²) in [5.74, 6) is 0.347. The maximum Gasteiger partial charge on any atom is 0.350 e. The van der Waals surface area contributed by atoms with E-state index < -0.39 is 0 Å². The van der Waals surface area contributed by atoms with Crippen molar-refractivity contribution in [1.29, 1.82) is 0 Å². The van der Waals surface area contributed by atoms with Crippen LogP contribution in [0, 0.1) is 5.92 Å². The predicted molar refractivity (Wildman–Crippen MR) is 136 cm³/mol. The van der Waals surface area contributed by atoms with E-state index >= 15 is 0 Å². The molecule has 1 atom stereocenters. The van der Waals surface area contributed by atoms with Crippen LogP contribution in [0.1, 0.15) is 57.6 Å². The summed E-state index contributed by atoms with van der Waals surface area (Å²) in [6, 6.07) is 18.3. The number of rotatable bonds is 8. The Bertz CT molecular complexity index is 1130. The van der Waals surface area contributed by atoms with Crippen LogP contribution in [0.15, 0.2) is 65.7 Å². The Labute approximate surface area is 201 Å². The van der Waals surface area contributed by atoms with Crippen LogP contribution in [-0.2, 0) is 4.79 Å². The van der Waals surface area contributed by atoms with Crippen molar-refractivity contribution in [3.63, 3.8) is 0 Å². The first-order chi connectivity index (χ1) is 16.5. The van der Waals surface area contributed by atoms with Crippen LogP contribution in [0.5, 0.6) is 0 Å². The van der Waals surface area contributed by atoms with Crippen LogP contribution in [0.25, 0.3) is 5.69 Å². The van der Waals surface area contributed by atoms with Gasteiger partial charge in [-0.05, 0) is 68.9 Å². The lowest BCUT2D eigenvalue weighted by Crippen LogP contribution is -2.40. The number of piperidine rings is 1. The van der Waals surface area contributed by atoms with Crippen molar-refractivity contribution < 1.29 is 4.79 Å². The molecule has 1 fully saturated rings. The fraction of sp³-hybridized carbons (Fsp3) is 0.444. The molecule has 0 saturated carbocycles. The highest BCUT2D eigenvalue weighted by molar-refractivity contribution is 5.84. The molecule has 1 N–H and O–H groups in total. The first kappa shape index (κ1) is 23.8. The summed E-state index contributed by atoms with van der Waals surface area (Å²) in [5.41, 5.74) is 2.92. The monoisotopic (exact) mass is 461 g/mol. The molecule has 1 saturated heterocycles. The van der Waals surface area contributed by atoms with E-state index in [0.717, 1.165) is 49.3 Å². The summed E-state index contributed by atoms with van der Waals surface area (Å²) in [6.07, 6.45) is 4.44. The molecule has 7 nitrogen and oxygen atoms in total. The van der Waals surface area contributed by atoms with Gasteiger partial charge < -0.3 is 10.2 Å². The van der Waals surface area contributed by atoms with Crippen molar-refractivity contribution in [2.24, 2.45) is 5.92 Å². The van der Waals surface area contributed by atoms with Crippen LogP contribution in [0.4, 0.5) is 5.69 Å². The molecule has 0 radical (unpaired) electrons. The third-order valence-electron chi connectivity index (χ3n) is 6.68. The van der Waals surface area contributed by atoms with Crippen molar-refractivity contribution in [3.8, 4) is 5.69 Å². The highest BCUT2D eigenvalue weighted by atomic mass is 16.2.